The number of hydrogen-bond donors (Lipinski definition) is 2. The summed E-state index contributed by atoms with van der Waals surface area (Å²) < 4.78 is 13.3. The van der Waals surface area contributed by atoms with Crippen LogP contribution in [0.5, 0.6) is 0 Å². The van der Waals surface area contributed by atoms with Crippen LogP contribution in [-0.4, -0.2) is 6.04 Å². The number of nitrogens with two attached hydrogens (primary N) is 1. The highest BCUT2D eigenvalue weighted by Crippen LogP contribution is 2.27. The molecule has 0 amide bonds. The smallest absolute Gasteiger partial charge is 0.143 e. The Morgan fingerprint density at radius 2 is 2.12 bits per heavy atom. The lowest BCUT2D eigenvalue weighted by Gasteiger charge is -2.19. The van der Waals surface area contributed by atoms with Gasteiger partial charge in [-0.3, -0.25) is 0 Å². The lowest BCUT2D eigenvalue weighted by molar-refractivity contribution is 0.615. The van der Waals surface area contributed by atoms with E-state index in [-0.39, 0.29) is 5.02 Å². The van der Waals surface area contributed by atoms with Crippen molar-refractivity contribution in [3.8, 4) is 0 Å². The van der Waals surface area contributed by atoms with Crippen molar-refractivity contribution in [3.63, 3.8) is 0 Å². The molecule has 1 unspecified atom stereocenters. The first-order chi connectivity index (χ1) is 7.58. The zero-order valence-corrected chi connectivity index (χ0v) is 10.4. The highest BCUT2D eigenvalue weighted by atomic mass is 35.5. The summed E-state index contributed by atoms with van der Waals surface area (Å²) in [6, 6.07) is 3.13. The highest BCUT2D eigenvalue weighted by Gasteiger charge is 2.10. The van der Waals surface area contributed by atoms with Crippen LogP contribution in [0.3, 0.4) is 0 Å². The lowest BCUT2D eigenvalue weighted by atomic mass is 10.1. The van der Waals surface area contributed by atoms with Crippen LogP contribution in [-0.2, 0) is 0 Å². The van der Waals surface area contributed by atoms with Crippen molar-refractivity contribution in [3.05, 3.63) is 23.0 Å². The summed E-state index contributed by atoms with van der Waals surface area (Å²) in [5.41, 5.74) is 6.89. The third-order valence-corrected chi connectivity index (χ3v) is 2.87. The van der Waals surface area contributed by atoms with Crippen LogP contribution in [0.2, 0.25) is 5.02 Å². The summed E-state index contributed by atoms with van der Waals surface area (Å²) in [5.74, 6) is -0.440. The first-order valence-electron chi connectivity index (χ1n) is 5.59. The molecule has 0 aliphatic heterocycles. The van der Waals surface area contributed by atoms with E-state index in [1.54, 1.807) is 0 Å². The molecule has 0 bridgehead atoms. The lowest BCUT2D eigenvalue weighted by Crippen LogP contribution is -2.19. The number of nitrogens with one attached hydrogen (secondary N) is 1. The van der Waals surface area contributed by atoms with Gasteiger partial charge in [0.15, 0.2) is 0 Å². The second-order valence-corrected chi connectivity index (χ2v) is 4.30. The first-order valence-corrected chi connectivity index (χ1v) is 5.97. The average Bonchev–Trinajstić information content (AvgIpc) is 2.25. The number of benzene rings is 1. The van der Waals surface area contributed by atoms with Gasteiger partial charge in [0, 0.05) is 12.1 Å². The van der Waals surface area contributed by atoms with Crippen molar-refractivity contribution >= 4 is 23.0 Å². The normalized spacial score (nSPS) is 12.5. The van der Waals surface area contributed by atoms with Crippen LogP contribution < -0.4 is 11.1 Å². The van der Waals surface area contributed by atoms with Crippen LogP contribution in [0.1, 0.15) is 33.1 Å². The standard InChI is InChI=1S/C12H18ClFN2/c1-3-5-8(4-2)16-12-7-10(14)9(13)6-11(12)15/h6-8,16H,3-5,15H2,1-2H3. The number of halogens is 2. The maximum atomic E-state index is 13.3. The molecule has 0 saturated carbocycles. The van der Waals surface area contributed by atoms with Gasteiger partial charge in [0.1, 0.15) is 5.82 Å². The summed E-state index contributed by atoms with van der Waals surface area (Å²) in [7, 11) is 0. The number of rotatable bonds is 5. The molecule has 4 heteroatoms. The van der Waals surface area contributed by atoms with E-state index >= 15 is 0 Å². The van der Waals surface area contributed by atoms with E-state index in [0.717, 1.165) is 19.3 Å². The molecule has 0 aliphatic rings. The second-order valence-electron chi connectivity index (χ2n) is 3.89. The molecule has 0 spiro atoms. The van der Waals surface area contributed by atoms with Gasteiger partial charge >= 0.3 is 0 Å². The molecule has 3 N–H and O–H groups in total. The van der Waals surface area contributed by atoms with Gasteiger partial charge in [-0.25, -0.2) is 4.39 Å². The van der Waals surface area contributed by atoms with E-state index in [9.17, 15) is 4.39 Å². The third-order valence-electron chi connectivity index (χ3n) is 2.58. The Balaban J connectivity index is 2.83. The molecule has 1 aromatic rings. The van der Waals surface area contributed by atoms with Crippen molar-refractivity contribution in [2.24, 2.45) is 0 Å². The SMILES string of the molecule is CCCC(CC)Nc1cc(F)c(Cl)cc1N. The Kier molecular flexibility index (Phi) is 4.87. The number of hydrogen-bond acceptors (Lipinski definition) is 2. The molecule has 0 aliphatic carbocycles. The maximum Gasteiger partial charge on any atom is 0.143 e. The van der Waals surface area contributed by atoms with Crippen molar-refractivity contribution in [1.29, 1.82) is 0 Å². The van der Waals surface area contributed by atoms with Crippen molar-refractivity contribution in [1.82, 2.24) is 0 Å². The van der Waals surface area contributed by atoms with Crippen LogP contribution >= 0.6 is 11.6 Å². The minimum absolute atomic E-state index is 0.0617. The van der Waals surface area contributed by atoms with Gasteiger partial charge in [-0.1, -0.05) is 31.9 Å². The van der Waals surface area contributed by atoms with E-state index in [1.807, 2.05) is 0 Å². The minimum atomic E-state index is -0.440. The average molecular weight is 245 g/mol. The summed E-state index contributed by atoms with van der Waals surface area (Å²) >= 11 is 5.63. The zero-order valence-electron chi connectivity index (χ0n) is 9.69. The van der Waals surface area contributed by atoms with Gasteiger partial charge in [-0.05, 0) is 18.9 Å². The Hall–Kier alpha value is -0.960. The molecule has 1 atom stereocenters. The monoisotopic (exact) mass is 244 g/mol. The van der Waals surface area contributed by atoms with Crippen LogP contribution in [0.4, 0.5) is 15.8 Å². The Bertz CT molecular complexity index is 355. The molecule has 16 heavy (non-hydrogen) atoms. The quantitative estimate of drug-likeness (QED) is 0.767. The van der Waals surface area contributed by atoms with Gasteiger partial charge in [-0.15, -0.1) is 0 Å². The van der Waals surface area contributed by atoms with Gasteiger partial charge in [0.2, 0.25) is 0 Å². The van der Waals surface area contributed by atoms with Crippen LogP contribution in [0, 0.1) is 5.82 Å². The van der Waals surface area contributed by atoms with Crippen molar-refractivity contribution in [2.45, 2.75) is 39.2 Å². The summed E-state index contributed by atoms with van der Waals surface area (Å²) in [5, 5.41) is 3.30. The third kappa shape index (κ3) is 3.27. The Morgan fingerprint density at radius 1 is 1.44 bits per heavy atom. The molecule has 1 aromatic carbocycles. The molecule has 0 fully saturated rings. The molecule has 0 aromatic heterocycles. The van der Waals surface area contributed by atoms with E-state index in [1.165, 1.54) is 12.1 Å². The fourth-order valence-corrected chi connectivity index (χ4v) is 1.81. The predicted octanol–water partition coefficient (Wildman–Crippen LogP) is 4.05. The molecule has 1 rings (SSSR count). The van der Waals surface area contributed by atoms with E-state index in [2.05, 4.69) is 19.2 Å². The zero-order chi connectivity index (χ0) is 12.1. The van der Waals surface area contributed by atoms with Crippen molar-refractivity contribution in [2.75, 3.05) is 11.1 Å². The summed E-state index contributed by atoms with van der Waals surface area (Å²) in [6.45, 7) is 4.21. The van der Waals surface area contributed by atoms with Gasteiger partial charge in [0.05, 0.1) is 16.4 Å². The Labute approximate surface area is 101 Å². The molecule has 0 radical (unpaired) electrons. The molecular formula is C12H18ClFN2. The molecule has 0 heterocycles. The topological polar surface area (TPSA) is 38.0 Å². The number of anilines is 2. The molecular weight excluding hydrogens is 227 g/mol. The summed E-state index contributed by atoms with van der Waals surface area (Å²) in [6.07, 6.45) is 3.11. The van der Waals surface area contributed by atoms with Crippen LogP contribution in [0.25, 0.3) is 0 Å². The van der Waals surface area contributed by atoms with Crippen molar-refractivity contribution < 1.29 is 4.39 Å². The first kappa shape index (κ1) is 13.1. The predicted molar refractivity (Wildman–Crippen MR) is 68.4 cm³/mol. The minimum Gasteiger partial charge on any atom is -0.397 e. The maximum absolute atomic E-state index is 13.3. The molecule has 90 valence electrons. The number of nitrogen functional groups attached to an aromatic ring is 1. The van der Waals surface area contributed by atoms with E-state index in [0.29, 0.717) is 17.4 Å². The Morgan fingerprint density at radius 3 is 2.69 bits per heavy atom. The van der Waals surface area contributed by atoms with Gasteiger partial charge < -0.3 is 11.1 Å². The fraction of sp³-hybridized carbons (Fsp3) is 0.500. The summed E-state index contributed by atoms with van der Waals surface area (Å²) in [4.78, 5) is 0. The molecule has 0 saturated heterocycles. The van der Waals surface area contributed by atoms with Crippen LogP contribution in [0.15, 0.2) is 12.1 Å². The highest BCUT2D eigenvalue weighted by molar-refractivity contribution is 6.31. The second kappa shape index (κ2) is 5.94. The molecule has 2 nitrogen and oxygen atoms in total. The van der Waals surface area contributed by atoms with E-state index in [4.69, 9.17) is 17.3 Å². The largest absolute Gasteiger partial charge is 0.397 e. The van der Waals surface area contributed by atoms with E-state index < -0.39 is 5.82 Å². The van der Waals surface area contributed by atoms with Gasteiger partial charge in [0.25, 0.3) is 0 Å². The fourth-order valence-electron chi connectivity index (χ4n) is 1.63. The van der Waals surface area contributed by atoms with Gasteiger partial charge in [-0.2, -0.15) is 0 Å².